The van der Waals surface area contributed by atoms with Crippen molar-refractivity contribution in [3.63, 3.8) is 0 Å². The standard InChI is InChI=1S/C15H19ClN4O/c1-17-9-12-7-11-8-18-14(16)19-13(11)20(12)15(10-21)5-3-2-4-6-15/h7-8,10,17H,2-6,9H2,1H3. The quantitative estimate of drug-likeness (QED) is 0.697. The summed E-state index contributed by atoms with van der Waals surface area (Å²) in [6.45, 7) is 0.684. The summed E-state index contributed by atoms with van der Waals surface area (Å²) in [5.41, 5.74) is 1.32. The first-order valence-electron chi connectivity index (χ1n) is 7.34. The zero-order valence-electron chi connectivity index (χ0n) is 12.1. The highest BCUT2D eigenvalue weighted by Gasteiger charge is 2.36. The lowest BCUT2D eigenvalue weighted by Gasteiger charge is -2.35. The van der Waals surface area contributed by atoms with Gasteiger partial charge in [0.15, 0.2) is 0 Å². The topological polar surface area (TPSA) is 59.8 Å². The van der Waals surface area contributed by atoms with Gasteiger partial charge in [0, 0.05) is 23.8 Å². The average molecular weight is 307 g/mol. The highest BCUT2D eigenvalue weighted by molar-refractivity contribution is 6.28. The van der Waals surface area contributed by atoms with Crippen LogP contribution in [-0.4, -0.2) is 27.9 Å². The number of carbonyl (C=O) groups excluding carboxylic acids is 1. The van der Waals surface area contributed by atoms with E-state index in [0.717, 1.165) is 48.7 Å². The fraction of sp³-hybridized carbons (Fsp3) is 0.533. The minimum Gasteiger partial charge on any atom is -0.315 e. The molecule has 6 heteroatoms. The molecule has 0 aromatic carbocycles. The van der Waals surface area contributed by atoms with E-state index in [1.54, 1.807) is 6.20 Å². The Morgan fingerprint density at radius 3 is 2.86 bits per heavy atom. The Morgan fingerprint density at radius 2 is 2.19 bits per heavy atom. The third kappa shape index (κ3) is 2.45. The summed E-state index contributed by atoms with van der Waals surface area (Å²) in [5.74, 6) is 0. The smallest absolute Gasteiger partial charge is 0.224 e. The van der Waals surface area contributed by atoms with Crippen molar-refractivity contribution in [3.05, 3.63) is 23.2 Å². The molecule has 0 saturated heterocycles. The number of hydrogen-bond acceptors (Lipinski definition) is 4. The van der Waals surface area contributed by atoms with Crippen molar-refractivity contribution in [1.82, 2.24) is 19.9 Å². The molecule has 2 aromatic rings. The van der Waals surface area contributed by atoms with Crippen LogP contribution in [0.3, 0.4) is 0 Å². The van der Waals surface area contributed by atoms with Crippen molar-refractivity contribution in [2.75, 3.05) is 7.05 Å². The molecule has 112 valence electrons. The first-order chi connectivity index (χ1) is 10.2. The van der Waals surface area contributed by atoms with Crippen molar-refractivity contribution in [2.45, 2.75) is 44.2 Å². The zero-order valence-corrected chi connectivity index (χ0v) is 12.9. The summed E-state index contributed by atoms with van der Waals surface area (Å²) in [6.07, 6.45) is 7.86. The van der Waals surface area contributed by atoms with Crippen molar-refractivity contribution < 1.29 is 4.79 Å². The molecule has 0 unspecified atom stereocenters. The van der Waals surface area contributed by atoms with Crippen LogP contribution in [0.5, 0.6) is 0 Å². The number of carbonyl (C=O) groups is 1. The minimum absolute atomic E-state index is 0.217. The van der Waals surface area contributed by atoms with Crippen LogP contribution in [0.4, 0.5) is 0 Å². The summed E-state index contributed by atoms with van der Waals surface area (Å²) in [6, 6.07) is 2.04. The maximum absolute atomic E-state index is 11.9. The molecule has 1 aliphatic rings. The predicted octanol–water partition coefficient (Wildman–Crippen LogP) is 2.66. The van der Waals surface area contributed by atoms with Crippen molar-refractivity contribution >= 4 is 28.9 Å². The molecular formula is C15H19ClN4O. The number of nitrogens with one attached hydrogen (secondary N) is 1. The number of hydrogen-bond donors (Lipinski definition) is 1. The molecule has 0 aliphatic heterocycles. The molecule has 0 amide bonds. The summed E-state index contributed by atoms with van der Waals surface area (Å²) in [4.78, 5) is 20.4. The van der Waals surface area contributed by atoms with Gasteiger partial charge in [0.1, 0.15) is 17.5 Å². The van der Waals surface area contributed by atoms with Gasteiger partial charge in [-0.15, -0.1) is 0 Å². The predicted molar refractivity (Wildman–Crippen MR) is 82.4 cm³/mol. The molecule has 0 bridgehead atoms. The number of fused-ring (bicyclic) bond motifs is 1. The van der Waals surface area contributed by atoms with E-state index in [1.165, 1.54) is 6.42 Å². The molecule has 5 nitrogen and oxygen atoms in total. The molecule has 2 heterocycles. The van der Waals surface area contributed by atoms with E-state index < -0.39 is 5.54 Å². The van der Waals surface area contributed by atoms with Gasteiger partial charge >= 0.3 is 0 Å². The summed E-state index contributed by atoms with van der Waals surface area (Å²) >= 11 is 5.96. The highest BCUT2D eigenvalue weighted by atomic mass is 35.5. The average Bonchev–Trinajstić information content (AvgIpc) is 2.86. The van der Waals surface area contributed by atoms with Crippen molar-refractivity contribution in [1.29, 1.82) is 0 Å². The molecule has 3 rings (SSSR count). The first kappa shape index (κ1) is 14.5. The Hall–Kier alpha value is -1.46. The van der Waals surface area contributed by atoms with E-state index in [9.17, 15) is 4.79 Å². The van der Waals surface area contributed by atoms with E-state index >= 15 is 0 Å². The summed E-state index contributed by atoms with van der Waals surface area (Å²) < 4.78 is 2.08. The highest BCUT2D eigenvalue weighted by Crippen LogP contribution is 2.37. The summed E-state index contributed by atoms with van der Waals surface area (Å²) in [5, 5.41) is 4.31. The van der Waals surface area contributed by atoms with Gasteiger partial charge in [0.2, 0.25) is 5.28 Å². The van der Waals surface area contributed by atoms with Crippen LogP contribution in [0.1, 0.15) is 37.8 Å². The Labute approximate surface area is 128 Å². The fourth-order valence-electron chi connectivity index (χ4n) is 3.39. The summed E-state index contributed by atoms with van der Waals surface area (Å²) in [7, 11) is 1.90. The Kier molecular flexibility index (Phi) is 3.95. The van der Waals surface area contributed by atoms with Gasteiger partial charge in [-0.3, -0.25) is 0 Å². The fourth-order valence-corrected chi connectivity index (χ4v) is 3.52. The Morgan fingerprint density at radius 1 is 1.43 bits per heavy atom. The van der Waals surface area contributed by atoms with E-state index in [4.69, 9.17) is 11.6 Å². The molecular weight excluding hydrogens is 288 g/mol. The number of nitrogens with zero attached hydrogens (tertiary/aromatic N) is 3. The third-order valence-corrected chi connectivity index (χ3v) is 4.51. The number of halogens is 1. The van der Waals surface area contributed by atoms with E-state index in [0.29, 0.717) is 6.54 Å². The lowest BCUT2D eigenvalue weighted by Crippen LogP contribution is -2.39. The maximum atomic E-state index is 11.9. The van der Waals surface area contributed by atoms with Gasteiger partial charge in [-0.05, 0) is 37.6 Å². The molecule has 21 heavy (non-hydrogen) atoms. The number of rotatable bonds is 4. The Balaban J connectivity index is 2.24. The van der Waals surface area contributed by atoms with Crippen LogP contribution in [0.25, 0.3) is 11.0 Å². The van der Waals surface area contributed by atoms with Crippen LogP contribution >= 0.6 is 11.6 Å². The van der Waals surface area contributed by atoms with Gasteiger partial charge in [0.05, 0.1) is 0 Å². The lowest BCUT2D eigenvalue weighted by atomic mass is 9.82. The van der Waals surface area contributed by atoms with Crippen LogP contribution in [0.15, 0.2) is 12.3 Å². The van der Waals surface area contributed by atoms with E-state index in [1.807, 2.05) is 13.1 Å². The normalized spacial score (nSPS) is 18.0. The SMILES string of the molecule is CNCc1cc2cnc(Cl)nc2n1C1(C=O)CCCCC1. The van der Waals surface area contributed by atoms with Crippen LogP contribution in [-0.2, 0) is 16.9 Å². The van der Waals surface area contributed by atoms with Gasteiger partial charge in [-0.1, -0.05) is 19.3 Å². The van der Waals surface area contributed by atoms with Crippen molar-refractivity contribution in [2.24, 2.45) is 0 Å². The van der Waals surface area contributed by atoms with Gasteiger partial charge in [0.25, 0.3) is 0 Å². The maximum Gasteiger partial charge on any atom is 0.224 e. The van der Waals surface area contributed by atoms with Gasteiger partial charge < -0.3 is 14.7 Å². The van der Waals surface area contributed by atoms with Crippen LogP contribution < -0.4 is 5.32 Å². The van der Waals surface area contributed by atoms with E-state index in [2.05, 4.69) is 19.9 Å². The monoisotopic (exact) mass is 306 g/mol. The largest absolute Gasteiger partial charge is 0.315 e. The molecule has 1 aliphatic carbocycles. The second-order valence-corrected chi connectivity index (χ2v) is 6.04. The second kappa shape index (κ2) is 5.73. The number of aldehydes is 1. The minimum atomic E-state index is -0.496. The lowest BCUT2D eigenvalue weighted by molar-refractivity contribution is -0.116. The Bertz CT molecular complexity index is 661. The zero-order chi connectivity index (χ0) is 14.9. The first-order valence-corrected chi connectivity index (χ1v) is 7.72. The third-order valence-electron chi connectivity index (χ3n) is 4.33. The number of aromatic nitrogens is 3. The molecule has 1 saturated carbocycles. The van der Waals surface area contributed by atoms with Crippen molar-refractivity contribution in [3.8, 4) is 0 Å². The van der Waals surface area contributed by atoms with Gasteiger partial charge in [-0.25, -0.2) is 4.98 Å². The molecule has 0 atom stereocenters. The molecule has 1 fully saturated rings. The molecule has 2 aromatic heterocycles. The van der Waals surface area contributed by atoms with Crippen LogP contribution in [0, 0.1) is 0 Å². The second-order valence-electron chi connectivity index (χ2n) is 5.70. The van der Waals surface area contributed by atoms with E-state index in [-0.39, 0.29) is 5.28 Å². The molecule has 0 radical (unpaired) electrons. The molecule has 1 N–H and O–H groups in total. The molecule has 0 spiro atoms. The van der Waals surface area contributed by atoms with Crippen LogP contribution in [0.2, 0.25) is 5.28 Å². The van der Waals surface area contributed by atoms with Gasteiger partial charge in [-0.2, -0.15) is 4.98 Å².